The molecule has 0 spiro atoms. The van der Waals surface area contributed by atoms with Crippen LogP contribution in [0.2, 0.25) is 0 Å². The van der Waals surface area contributed by atoms with E-state index in [1.54, 1.807) is 13.2 Å². The molecular formula is C8H10BrNO4S. The first kappa shape index (κ1) is 12.4. The molecule has 0 aliphatic carbocycles. The lowest BCUT2D eigenvalue weighted by Gasteiger charge is -2.05. The summed E-state index contributed by atoms with van der Waals surface area (Å²) in [7, 11) is -1.89. The van der Waals surface area contributed by atoms with E-state index in [0.29, 0.717) is 10.0 Å². The van der Waals surface area contributed by atoms with Crippen LogP contribution < -0.4 is 5.56 Å². The average Bonchev–Trinajstić information content (AvgIpc) is 2.07. The van der Waals surface area contributed by atoms with Gasteiger partial charge in [-0.05, 0) is 15.9 Å². The molecule has 0 N–H and O–H groups in total. The minimum Gasteiger partial charge on any atom is -0.317 e. The number of rotatable bonds is 3. The second-order valence-corrected chi connectivity index (χ2v) is 5.56. The van der Waals surface area contributed by atoms with Crippen LogP contribution >= 0.6 is 15.9 Å². The molecule has 0 radical (unpaired) electrons. The van der Waals surface area contributed by atoms with Gasteiger partial charge in [0.1, 0.15) is 0 Å². The summed E-state index contributed by atoms with van der Waals surface area (Å²) in [5.74, 6) is 0. The average molecular weight is 296 g/mol. The van der Waals surface area contributed by atoms with Crippen LogP contribution in [0.5, 0.6) is 0 Å². The first-order valence-electron chi connectivity index (χ1n) is 3.99. The fourth-order valence-electron chi connectivity index (χ4n) is 0.917. The Morgan fingerprint density at radius 2 is 2.13 bits per heavy atom. The third kappa shape index (κ3) is 3.77. The van der Waals surface area contributed by atoms with Gasteiger partial charge >= 0.3 is 0 Å². The second-order valence-electron chi connectivity index (χ2n) is 3.06. The second kappa shape index (κ2) is 4.46. The molecule has 15 heavy (non-hydrogen) atoms. The Labute approximate surface area is 95.9 Å². The van der Waals surface area contributed by atoms with E-state index in [9.17, 15) is 13.2 Å². The Balaban J connectivity index is 2.97. The Morgan fingerprint density at radius 1 is 1.53 bits per heavy atom. The predicted octanol–water partition coefficient (Wildman–Crippen LogP) is 0.624. The topological polar surface area (TPSA) is 65.4 Å². The first-order chi connectivity index (χ1) is 6.79. The van der Waals surface area contributed by atoms with Crippen LogP contribution in [0.25, 0.3) is 0 Å². The van der Waals surface area contributed by atoms with Crippen LogP contribution in [-0.2, 0) is 28.0 Å². The van der Waals surface area contributed by atoms with Crippen molar-refractivity contribution in [3.8, 4) is 0 Å². The number of pyridine rings is 1. The van der Waals surface area contributed by atoms with Crippen LogP contribution in [0.1, 0.15) is 5.56 Å². The Bertz CT molecular complexity index is 520. The van der Waals surface area contributed by atoms with Gasteiger partial charge in [0.2, 0.25) is 0 Å². The molecule has 0 saturated heterocycles. The number of hydrogen-bond acceptors (Lipinski definition) is 4. The minimum absolute atomic E-state index is 0.143. The molecule has 0 bridgehead atoms. The van der Waals surface area contributed by atoms with Crippen molar-refractivity contribution in [3.63, 3.8) is 0 Å². The van der Waals surface area contributed by atoms with Gasteiger partial charge < -0.3 is 4.57 Å². The Hall–Kier alpha value is -0.660. The Kier molecular flexibility index (Phi) is 3.69. The normalized spacial score (nSPS) is 11.7. The molecule has 0 amide bonds. The fourth-order valence-corrected chi connectivity index (χ4v) is 1.79. The van der Waals surface area contributed by atoms with Crippen molar-refractivity contribution < 1.29 is 12.6 Å². The van der Waals surface area contributed by atoms with Crippen molar-refractivity contribution in [2.24, 2.45) is 7.05 Å². The van der Waals surface area contributed by atoms with Gasteiger partial charge in [0.05, 0.1) is 12.9 Å². The maximum Gasteiger partial charge on any atom is 0.264 e. The van der Waals surface area contributed by atoms with Crippen LogP contribution in [0, 0.1) is 0 Å². The quantitative estimate of drug-likeness (QED) is 0.767. The fraction of sp³-hybridized carbons (Fsp3) is 0.375. The van der Waals surface area contributed by atoms with Crippen molar-refractivity contribution in [2.75, 3.05) is 6.26 Å². The van der Waals surface area contributed by atoms with E-state index < -0.39 is 10.1 Å². The zero-order valence-corrected chi connectivity index (χ0v) is 10.6. The first-order valence-corrected chi connectivity index (χ1v) is 6.60. The number of aromatic nitrogens is 1. The molecule has 0 aromatic carbocycles. The zero-order valence-electron chi connectivity index (χ0n) is 8.23. The maximum atomic E-state index is 11.3. The van der Waals surface area contributed by atoms with Crippen LogP contribution in [0.4, 0.5) is 0 Å². The Morgan fingerprint density at radius 3 is 2.67 bits per heavy atom. The lowest BCUT2D eigenvalue weighted by Crippen LogP contribution is -2.16. The number of nitrogens with zero attached hydrogens (tertiary/aromatic N) is 1. The maximum absolute atomic E-state index is 11.3. The van der Waals surface area contributed by atoms with Crippen LogP contribution in [0.3, 0.4) is 0 Å². The van der Waals surface area contributed by atoms with Crippen molar-refractivity contribution in [1.29, 1.82) is 0 Å². The van der Waals surface area contributed by atoms with Gasteiger partial charge in [0.25, 0.3) is 15.7 Å². The van der Waals surface area contributed by atoms with E-state index in [-0.39, 0.29) is 12.2 Å². The van der Waals surface area contributed by atoms with Gasteiger partial charge in [-0.1, -0.05) is 0 Å². The summed E-state index contributed by atoms with van der Waals surface area (Å²) in [6.45, 7) is -0.143. The lowest BCUT2D eigenvalue weighted by molar-refractivity contribution is 0.310. The molecule has 0 unspecified atom stereocenters. The molecule has 1 rings (SSSR count). The van der Waals surface area contributed by atoms with Crippen molar-refractivity contribution in [1.82, 2.24) is 4.57 Å². The molecule has 84 valence electrons. The summed E-state index contributed by atoms with van der Waals surface area (Å²) in [4.78, 5) is 11.3. The van der Waals surface area contributed by atoms with E-state index in [1.165, 1.54) is 10.6 Å². The molecule has 1 aromatic heterocycles. The molecule has 5 nitrogen and oxygen atoms in total. The molecule has 0 fully saturated rings. The molecule has 0 atom stereocenters. The van der Waals surface area contributed by atoms with Crippen LogP contribution in [0.15, 0.2) is 21.5 Å². The number of hydrogen-bond donors (Lipinski definition) is 0. The number of aryl methyl sites for hydroxylation is 1. The highest BCUT2D eigenvalue weighted by Crippen LogP contribution is 2.15. The van der Waals surface area contributed by atoms with Crippen molar-refractivity contribution in [2.45, 2.75) is 6.61 Å². The molecular weight excluding hydrogens is 286 g/mol. The van der Waals surface area contributed by atoms with Gasteiger partial charge in [-0.3, -0.25) is 8.98 Å². The van der Waals surface area contributed by atoms with E-state index in [1.807, 2.05) is 0 Å². The third-order valence-corrected chi connectivity index (χ3v) is 2.95. The predicted molar refractivity (Wildman–Crippen MR) is 59.0 cm³/mol. The summed E-state index contributed by atoms with van der Waals surface area (Å²) >= 11 is 3.21. The zero-order chi connectivity index (χ0) is 11.6. The van der Waals surface area contributed by atoms with E-state index in [2.05, 4.69) is 20.1 Å². The standard InChI is InChI=1S/C8H10BrNO4S/c1-10-4-7(9)6(3-8(10)11)5-14-15(2,12)13/h3-4H,5H2,1-2H3. The SMILES string of the molecule is Cn1cc(Br)c(COS(C)(=O)=O)cc1=O. The lowest BCUT2D eigenvalue weighted by atomic mass is 10.3. The van der Waals surface area contributed by atoms with E-state index in [0.717, 1.165) is 6.26 Å². The van der Waals surface area contributed by atoms with Crippen molar-refractivity contribution >= 4 is 26.0 Å². The van der Waals surface area contributed by atoms with Gasteiger partial charge in [-0.25, -0.2) is 0 Å². The summed E-state index contributed by atoms with van der Waals surface area (Å²) in [5.41, 5.74) is 0.286. The van der Waals surface area contributed by atoms with Gasteiger partial charge in [-0.15, -0.1) is 0 Å². The monoisotopic (exact) mass is 295 g/mol. The summed E-state index contributed by atoms with van der Waals surface area (Å²) in [6.07, 6.45) is 2.52. The van der Waals surface area contributed by atoms with Crippen molar-refractivity contribution in [3.05, 3.63) is 32.7 Å². The molecule has 0 aliphatic rings. The highest BCUT2D eigenvalue weighted by Gasteiger charge is 2.07. The van der Waals surface area contributed by atoms with Gasteiger partial charge in [-0.2, -0.15) is 8.42 Å². The highest BCUT2D eigenvalue weighted by molar-refractivity contribution is 9.10. The molecule has 0 aliphatic heterocycles. The molecule has 1 heterocycles. The molecule has 7 heteroatoms. The van der Waals surface area contributed by atoms with E-state index in [4.69, 9.17) is 0 Å². The largest absolute Gasteiger partial charge is 0.317 e. The highest BCUT2D eigenvalue weighted by atomic mass is 79.9. The summed E-state index contributed by atoms with van der Waals surface area (Å²) in [5, 5.41) is 0. The van der Waals surface area contributed by atoms with Gasteiger partial charge in [0, 0.05) is 29.3 Å². The van der Waals surface area contributed by atoms with Gasteiger partial charge in [0.15, 0.2) is 0 Å². The smallest absolute Gasteiger partial charge is 0.264 e. The third-order valence-electron chi connectivity index (χ3n) is 1.69. The molecule has 1 aromatic rings. The minimum atomic E-state index is -3.49. The van der Waals surface area contributed by atoms with Crippen LogP contribution in [-0.4, -0.2) is 19.2 Å². The summed E-state index contributed by atoms with van der Waals surface area (Å²) < 4.78 is 28.1. The molecule has 0 saturated carbocycles. The number of halogens is 1. The summed E-state index contributed by atoms with van der Waals surface area (Å²) in [6, 6.07) is 1.33. The van der Waals surface area contributed by atoms with E-state index >= 15 is 0 Å².